The maximum absolute atomic E-state index is 12.1. The van der Waals surface area contributed by atoms with Crippen molar-refractivity contribution in [1.82, 2.24) is 18.8 Å². The van der Waals surface area contributed by atoms with Crippen LogP contribution in [0.2, 0.25) is 0 Å². The lowest BCUT2D eigenvalue weighted by Crippen LogP contribution is -2.48. The maximum atomic E-state index is 12.1. The lowest BCUT2D eigenvalue weighted by molar-refractivity contribution is 0.121. The van der Waals surface area contributed by atoms with Crippen LogP contribution in [0.25, 0.3) is 0 Å². The van der Waals surface area contributed by atoms with Crippen LogP contribution in [0, 0.1) is 0 Å². The molecule has 7 nitrogen and oxygen atoms in total. The Hall–Kier alpha value is -1.25. The third-order valence-electron chi connectivity index (χ3n) is 2.96. The second kappa shape index (κ2) is 5.81. The van der Waals surface area contributed by atoms with Gasteiger partial charge < -0.3 is 4.74 Å². The summed E-state index contributed by atoms with van der Waals surface area (Å²) in [4.78, 5) is 0. The van der Waals surface area contributed by atoms with Crippen LogP contribution in [0.3, 0.4) is 0 Å². The number of hydrogen-bond acceptors (Lipinski definition) is 5. The average molecular weight is 286 g/mol. The lowest BCUT2D eigenvalue weighted by atomic mass is 10.1. The fourth-order valence-corrected chi connectivity index (χ4v) is 3.14. The predicted molar refractivity (Wildman–Crippen MR) is 69.9 cm³/mol. The highest BCUT2D eigenvalue weighted by Crippen LogP contribution is 2.19. The van der Waals surface area contributed by atoms with E-state index in [1.54, 1.807) is 18.3 Å². The minimum atomic E-state index is -3.37. The van der Waals surface area contributed by atoms with E-state index in [2.05, 4.69) is 10.2 Å². The molecule has 1 saturated heterocycles. The fraction of sp³-hybridized carbons (Fsp3) is 0.636. The molecule has 0 radical (unpaired) electrons. The van der Waals surface area contributed by atoms with Crippen molar-refractivity contribution in [2.45, 2.75) is 18.9 Å². The topological polar surface area (TPSA) is 75.6 Å². The standard InChI is InChI=1S/C11H18N4O3S/c1-14(2)19(16,17)15-8-4-5-10(9-15)18-11-6-3-7-12-13-11/h3,6-7,10H,4-5,8-9H2,1-2H3. The minimum absolute atomic E-state index is 0.180. The van der Waals surface area contributed by atoms with Gasteiger partial charge in [-0.15, -0.1) is 5.10 Å². The van der Waals surface area contributed by atoms with Gasteiger partial charge in [0.05, 0.1) is 6.54 Å². The zero-order valence-corrected chi connectivity index (χ0v) is 11.9. The van der Waals surface area contributed by atoms with E-state index in [1.165, 1.54) is 22.7 Å². The Bertz CT molecular complexity index is 506. The zero-order valence-electron chi connectivity index (χ0n) is 11.1. The number of aromatic nitrogens is 2. The van der Waals surface area contributed by atoms with Crippen molar-refractivity contribution in [1.29, 1.82) is 0 Å². The van der Waals surface area contributed by atoms with Crippen LogP contribution in [-0.4, -0.2) is 60.5 Å². The molecule has 1 aliphatic heterocycles. The largest absolute Gasteiger partial charge is 0.472 e. The van der Waals surface area contributed by atoms with Gasteiger partial charge in [-0.05, 0) is 18.9 Å². The Balaban J connectivity index is 2.02. The Labute approximate surface area is 113 Å². The van der Waals surface area contributed by atoms with Gasteiger partial charge in [-0.3, -0.25) is 0 Å². The smallest absolute Gasteiger partial charge is 0.281 e. The van der Waals surface area contributed by atoms with Crippen LogP contribution in [0.15, 0.2) is 18.3 Å². The Morgan fingerprint density at radius 2 is 2.26 bits per heavy atom. The maximum Gasteiger partial charge on any atom is 0.281 e. The van der Waals surface area contributed by atoms with Gasteiger partial charge in [-0.1, -0.05) is 0 Å². The first-order chi connectivity index (χ1) is 9.00. The number of piperidine rings is 1. The van der Waals surface area contributed by atoms with Gasteiger partial charge in [-0.2, -0.15) is 22.1 Å². The molecule has 1 unspecified atom stereocenters. The highest BCUT2D eigenvalue weighted by Gasteiger charge is 2.31. The Morgan fingerprint density at radius 1 is 1.47 bits per heavy atom. The van der Waals surface area contributed by atoms with Crippen LogP contribution in [0.5, 0.6) is 5.88 Å². The first kappa shape index (κ1) is 14.2. The monoisotopic (exact) mass is 286 g/mol. The molecule has 1 fully saturated rings. The molecule has 0 aliphatic carbocycles. The van der Waals surface area contributed by atoms with Gasteiger partial charge >= 0.3 is 0 Å². The number of nitrogens with zero attached hydrogens (tertiary/aromatic N) is 4. The molecular formula is C11H18N4O3S. The molecule has 0 amide bonds. The van der Waals surface area contributed by atoms with Crippen molar-refractivity contribution in [3.05, 3.63) is 18.3 Å². The van der Waals surface area contributed by atoms with Crippen LogP contribution in [-0.2, 0) is 10.2 Å². The number of ether oxygens (including phenoxy) is 1. The van der Waals surface area contributed by atoms with Crippen molar-refractivity contribution in [3.63, 3.8) is 0 Å². The molecular weight excluding hydrogens is 268 g/mol. The number of rotatable bonds is 4. The summed E-state index contributed by atoms with van der Waals surface area (Å²) in [5, 5.41) is 7.58. The lowest BCUT2D eigenvalue weighted by Gasteiger charge is -2.33. The molecule has 1 aliphatic rings. The molecule has 1 atom stereocenters. The van der Waals surface area contributed by atoms with E-state index in [-0.39, 0.29) is 6.10 Å². The average Bonchev–Trinajstić information content (AvgIpc) is 2.40. The third kappa shape index (κ3) is 3.40. The van der Waals surface area contributed by atoms with Crippen LogP contribution >= 0.6 is 0 Å². The van der Waals surface area contributed by atoms with Crippen molar-refractivity contribution in [2.24, 2.45) is 0 Å². The van der Waals surface area contributed by atoms with Crippen LogP contribution in [0.4, 0.5) is 0 Å². The minimum Gasteiger partial charge on any atom is -0.472 e. The molecule has 2 heterocycles. The molecule has 0 N–H and O–H groups in total. The summed E-state index contributed by atoms with van der Waals surface area (Å²) in [6.45, 7) is 0.873. The van der Waals surface area contributed by atoms with Gasteiger partial charge in [0.1, 0.15) is 6.10 Å². The molecule has 19 heavy (non-hydrogen) atoms. The molecule has 1 aromatic rings. The van der Waals surface area contributed by atoms with Crippen molar-refractivity contribution < 1.29 is 13.2 Å². The molecule has 0 bridgehead atoms. The Kier molecular flexibility index (Phi) is 4.33. The summed E-state index contributed by atoms with van der Waals surface area (Å²) in [6, 6.07) is 3.45. The Morgan fingerprint density at radius 3 is 2.89 bits per heavy atom. The second-order valence-corrected chi connectivity index (χ2v) is 6.73. The van der Waals surface area contributed by atoms with Crippen LogP contribution < -0.4 is 4.74 Å². The van der Waals surface area contributed by atoms with Gasteiger partial charge in [-0.25, -0.2) is 0 Å². The van der Waals surface area contributed by atoms with Gasteiger partial charge in [0.2, 0.25) is 5.88 Å². The normalized spacial score (nSPS) is 21.5. The summed E-state index contributed by atoms with van der Waals surface area (Å²) in [6.07, 6.45) is 2.98. The van der Waals surface area contributed by atoms with E-state index in [4.69, 9.17) is 4.74 Å². The molecule has 8 heteroatoms. The van der Waals surface area contributed by atoms with E-state index in [1.807, 2.05) is 0 Å². The quantitative estimate of drug-likeness (QED) is 0.786. The summed E-state index contributed by atoms with van der Waals surface area (Å²) < 4.78 is 32.4. The van der Waals surface area contributed by atoms with E-state index in [9.17, 15) is 8.42 Å². The van der Waals surface area contributed by atoms with E-state index < -0.39 is 10.2 Å². The zero-order chi connectivity index (χ0) is 13.9. The molecule has 106 valence electrons. The second-order valence-electron chi connectivity index (χ2n) is 4.59. The summed E-state index contributed by atoms with van der Waals surface area (Å²) in [5.41, 5.74) is 0. The first-order valence-electron chi connectivity index (χ1n) is 6.12. The highest BCUT2D eigenvalue weighted by molar-refractivity contribution is 7.86. The molecule has 0 aromatic carbocycles. The SMILES string of the molecule is CN(C)S(=O)(=O)N1CCCC(Oc2cccnn2)C1. The molecule has 1 aromatic heterocycles. The summed E-state index contributed by atoms with van der Waals surface area (Å²) in [5.74, 6) is 0.427. The summed E-state index contributed by atoms with van der Waals surface area (Å²) >= 11 is 0. The third-order valence-corrected chi connectivity index (χ3v) is 4.87. The summed E-state index contributed by atoms with van der Waals surface area (Å²) in [7, 11) is -0.314. The molecule has 2 rings (SSSR count). The predicted octanol–water partition coefficient (Wildman–Crippen LogP) is 0.126. The highest BCUT2D eigenvalue weighted by atomic mass is 32.2. The van der Waals surface area contributed by atoms with Gasteiger partial charge in [0, 0.05) is 32.9 Å². The number of hydrogen-bond donors (Lipinski definition) is 0. The van der Waals surface area contributed by atoms with Crippen LogP contribution in [0.1, 0.15) is 12.8 Å². The van der Waals surface area contributed by atoms with E-state index >= 15 is 0 Å². The van der Waals surface area contributed by atoms with Crippen molar-refractivity contribution in [2.75, 3.05) is 27.2 Å². The van der Waals surface area contributed by atoms with Crippen molar-refractivity contribution in [3.8, 4) is 5.88 Å². The molecule has 0 spiro atoms. The van der Waals surface area contributed by atoms with Gasteiger partial charge in [0.15, 0.2) is 0 Å². The van der Waals surface area contributed by atoms with E-state index in [0.717, 1.165) is 12.8 Å². The molecule has 0 saturated carbocycles. The fourth-order valence-electron chi connectivity index (χ4n) is 1.96. The first-order valence-corrected chi connectivity index (χ1v) is 7.52. The van der Waals surface area contributed by atoms with Gasteiger partial charge in [0.25, 0.3) is 10.2 Å². The van der Waals surface area contributed by atoms with E-state index in [0.29, 0.717) is 19.0 Å². The van der Waals surface area contributed by atoms with Crippen molar-refractivity contribution >= 4 is 10.2 Å².